The summed E-state index contributed by atoms with van der Waals surface area (Å²) in [6.07, 6.45) is 2.99. The second-order valence-corrected chi connectivity index (χ2v) is 4.55. The molecule has 0 radical (unpaired) electrons. The van der Waals surface area contributed by atoms with Gasteiger partial charge in [0, 0.05) is 19.6 Å². The van der Waals surface area contributed by atoms with E-state index in [4.69, 9.17) is 0 Å². The Morgan fingerprint density at radius 3 is 2.13 bits per heavy atom. The Hall–Kier alpha value is -0.120. The zero-order chi connectivity index (χ0) is 11.7. The topological polar surface area (TPSA) is 26.7 Å². The van der Waals surface area contributed by atoms with E-state index in [0.29, 0.717) is 0 Å². The Labute approximate surface area is 95.1 Å². The third-order valence-electron chi connectivity index (χ3n) is 2.49. The summed E-state index contributed by atoms with van der Waals surface area (Å²) in [6, 6.07) is 0. The molecule has 15 heavy (non-hydrogen) atoms. The summed E-state index contributed by atoms with van der Waals surface area (Å²) in [5, 5.41) is 9.76. The van der Waals surface area contributed by atoms with Gasteiger partial charge >= 0.3 is 0 Å². The molecule has 0 aromatic rings. The summed E-state index contributed by atoms with van der Waals surface area (Å²) in [4.78, 5) is 4.55. The molecule has 0 aliphatic carbocycles. The van der Waals surface area contributed by atoms with Crippen molar-refractivity contribution in [2.24, 2.45) is 0 Å². The van der Waals surface area contributed by atoms with E-state index in [2.05, 4.69) is 37.7 Å². The summed E-state index contributed by atoms with van der Waals surface area (Å²) in [6.45, 7) is 8.35. The molecule has 0 aromatic carbocycles. The van der Waals surface area contributed by atoms with E-state index in [-0.39, 0.29) is 6.10 Å². The van der Waals surface area contributed by atoms with Gasteiger partial charge in [0.1, 0.15) is 0 Å². The van der Waals surface area contributed by atoms with Gasteiger partial charge in [-0.25, -0.2) is 0 Å². The number of likely N-dealkylation sites (N-methyl/N-ethyl adjacent to an activating group) is 1. The second kappa shape index (κ2) is 9.13. The lowest BCUT2D eigenvalue weighted by Crippen LogP contribution is -2.37. The van der Waals surface area contributed by atoms with Gasteiger partial charge in [0.2, 0.25) is 0 Å². The van der Waals surface area contributed by atoms with E-state index in [9.17, 15) is 5.11 Å². The van der Waals surface area contributed by atoms with Crippen molar-refractivity contribution in [1.82, 2.24) is 9.80 Å². The van der Waals surface area contributed by atoms with E-state index < -0.39 is 0 Å². The zero-order valence-electron chi connectivity index (χ0n) is 10.9. The van der Waals surface area contributed by atoms with Crippen molar-refractivity contribution in [1.29, 1.82) is 0 Å². The van der Waals surface area contributed by atoms with Gasteiger partial charge in [0.25, 0.3) is 0 Å². The van der Waals surface area contributed by atoms with Crippen LogP contribution in [0.25, 0.3) is 0 Å². The highest BCUT2D eigenvalue weighted by Gasteiger charge is 2.10. The molecule has 0 saturated carbocycles. The van der Waals surface area contributed by atoms with Crippen LogP contribution in [0, 0.1) is 0 Å². The predicted octanol–water partition coefficient (Wildman–Crippen LogP) is 1.42. The van der Waals surface area contributed by atoms with E-state index >= 15 is 0 Å². The number of nitrogens with zero attached hydrogens (tertiary/aromatic N) is 2. The lowest BCUT2D eigenvalue weighted by molar-refractivity contribution is 0.100. The Kier molecular flexibility index (Phi) is 9.06. The third-order valence-corrected chi connectivity index (χ3v) is 2.49. The molecule has 3 nitrogen and oxygen atoms in total. The first-order chi connectivity index (χ1) is 7.10. The highest BCUT2D eigenvalue weighted by Crippen LogP contribution is 2.01. The lowest BCUT2D eigenvalue weighted by atomic mass is 10.2. The van der Waals surface area contributed by atoms with Gasteiger partial charge in [-0.15, -0.1) is 0 Å². The van der Waals surface area contributed by atoms with Crippen molar-refractivity contribution in [3.63, 3.8) is 0 Å². The Balaban J connectivity index is 3.80. The molecule has 0 saturated heterocycles. The van der Waals surface area contributed by atoms with E-state index in [0.717, 1.165) is 45.4 Å². The van der Waals surface area contributed by atoms with Crippen molar-refractivity contribution < 1.29 is 5.11 Å². The van der Waals surface area contributed by atoms with Gasteiger partial charge in [-0.1, -0.05) is 20.3 Å². The predicted molar refractivity (Wildman–Crippen MR) is 66.2 cm³/mol. The van der Waals surface area contributed by atoms with Crippen LogP contribution >= 0.6 is 0 Å². The molecular weight excluding hydrogens is 188 g/mol. The van der Waals surface area contributed by atoms with E-state index in [1.807, 2.05) is 0 Å². The molecule has 0 rings (SSSR count). The highest BCUT2D eigenvalue weighted by molar-refractivity contribution is 4.65. The maximum absolute atomic E-state index is 9.76. The van der Waals surface area contributed by atoms with Crippen molar-refractivity contribution in [2.75, 3.05) is 40.3 Å². The molecule has 3 heteroatoms. The number of hydrogen-bond acceptors (Lipinski definition) is 3. The molecule has 0 spiro atoms. The largest absolute Gasteiger partial charge is 0.392 e. The molecule has 0 aliphatic heterocycles. The normalized spacial score (nSPS) is 13.8. The van der Waals surface area contributed by atoms with Crippen molar-refractivity contribution in [3.8, 4) is 0 Å². The number of aliphatic hydroxyl groups is 1. The molecule has 0 fully saturated rings. The number of aliphatic hydroxyl groups excluding tert-OH is 1. The molecule has 0 aliphatic rings. The number of rotatable bonds is 9. The van der Waals surface area contributed by atoms with Crippen LogP contribution in [0.1, 0.15) is 33.1 Å². The standard InChI is InChI=1S/C12H28N2O/c1-5-7-12(15)11-14(8-6-2)10-9-13(3)4/h12,15H,5-11H2,1-4H3. The fourth-order valence-electron chi connectivity index (χ4n) is 1.67. The highest BCUT2D eigenvalue weighted by atomic mass is 16.3. The summed E-state index contributed by atoms with van der Waals surface area (Å²) in [7, 11) is 4.18. The molecular formula is C12H28N2O. The molecule has 1 atom stereocenters. The SMILES string of the molecule is CCCC(O)CN(CCC)CCN(C)C. The first kappa shape index (κ1) is 14.9. The van der Waals surface area contributed by atoms with Crippen molar-refractivity contribution in [2.45, 2.75) is 39.2 Å². The Morgan fingerprint density at radius 2 is 1.67 bits per heavy atom. The Morgan fingerprint density at radius 1 is 1.00 bits per heavy atom. The summed E-state index contributed by atoms with van der Waals surface area (Å²) < 4.78 is 0. The second-order valence-electron chi connectivity index (χ2n) is 4.55. The van der Waals surface area contributed by atoms with Crippen LogP contribution < -0.4 is 0 Å². The minimum Gasteiger partial charge on any atom is -0.392 e. The minimum atomic E-state index is -0.149. The van der Waals surface area contributed by atoms with Crippen LogP contribution in [0.4, 0.5) is 0 Å². The maximum Gasteiger partial charge on any atom is 0.0667 e. The molecule has 0 amide bonds. The fraction of sp³-hybridized carbons (Fsp3) is 1.00. The minimum absolute atomic E-state index is 0.149. The molecule has 1 unspecified atom stereocenters. The quantitative estimate of drug-likeness (QED) is 0.631. The average molecular weight is 216 g/mol. The van der Waals surface area contributed by atoms with Gasteiger partial charge in [-0.3, -0.25) is 4.90 Å². The maximum atomic E-state index is 9.76. The van der Waals surface area contributed by atoms with Crippen LogP contribution in [0.15, 0.2) is 0 Å². The number of hydrogen-bond donors (Lipinski definition) is 1. The van der Waals surface area contributed by atoms with Crippen molar-refractivity contribution in [3.05, 3.63) is 0 Å². The first-order valence-electron chi connectivity index (χ1n) is 6.15. The van der Waals surface area contributed by atoms with Gasteiger partial charge in [0.05, 0.1) is 6.10 Å². The van der Waals surface area contributed by atoms with Crippen molar-refractivity contribution >= 4 is 0 Å². The van der Waals surface area contributed by atoms with Crippen LogP contribution in [0.3, 0.4) is 0 Å². The fourth-order valence-corrected chi connectivity index (χ4v) is 1.67. The van der Waals surface area contributed by atoms with E-state index in [1.165, 1.54) is 0 Å². The van der Waals surface area contributed by atoms with Crippen LogP contribution in [-0.4, -0.2) is 61.3 Å². The average Bonchev–Trinajstić information content (AvgIpc) is 2.15. The van der Waals surface area contributed by atoms with Gasteiger partial charge in [-0.2, -0.15) is 0 Å². The zero-order valence-corrected chi connectivity index (χ0v) is 10.9. The van der Waals surface area contributed by atoms with Gasteiger partial charge in [0.15, 0.2) is 0 Å². The first-order valence-corrected chi connectivity index (χ1v) is 6.15. The molecule has 1 N–H and O–H groups in total. The smallest absolute Gasteiger partial charge is 0.0667 e. The van der Waals surface area contributed by atoms with Crippen LogP contribution in [0.5, 0.6) is 0 Å². The van der Waals surface area contributed by atoms with Crippen LogP contribution in [0.2, 0.25) is 0 Å². The van der Waals surface area contributed by atoms with Gasteiger partial charge in [-0.05, 0) is 33.5 Å². The summed E-state index contributed by atoms with van der Waals surface area (Å²) in [5.74, 6) is 0. The van der Waals surface area contributed by atoms with Crippen LogP contribution in [-0.2, 0) is 0 Å². The molecule has 92 valence electrons. The Bertz CT molecular complexity index is 140. The molecule has 0 bridgehead atoms. The molecule has 0 aromatic heterocycles. The monoisotopic (exact) mass is 216 g/mol. The molecule has 0 heterocycles. The summed E-state index contributed by atoms with van der Waals surface area (Å²) in [5.41, 5.74) is 0. The van der Waals surface area contributed by atoms with E-state index in [1.54, 1.807) is 0 Å². The van der Waals surface area contributed by atoms with Gasteiger partial charge < -0.3 is 10.0 Å². The lowest BCUT2D eigenvalue weighted by Gasteiger charge is -2.25. The summed E-state index contributed by atoms with van der Waals surface area (Å²) >= 11 is 0. The third kappa shape index (κ3) is 8.85.